The van der Waals surface area contributed by atoms with Gasteiger partial charge in [-0.05, 0) is 43.9 Å². The van der Waals surface area contributed by atoms with Gasteiger partial charge in [0.15, 0.2) is 5.13 Å². The van der Waals surface area contributed by atoms with Gasteiger partial charge in [0, 0.05) is 13.1 Å². The van der Waals surface area contributed by atoms with Crippen LogP contribution in [0.25, 0.3) is 0 Å². The normalized spacial score (nSPS) is 14.2. The van der Waals surface area contributed by atoms with Crippen LogP contribution in [0.1, 0.15) is 34.5 Å². The number of carbonyl (C=O) groups excluding carboxylic acids is 1. The average Bonchev–Trinajstić information content (AvgIpc) is 3.06. The van der Waals surface area contributed by atoms with Crippen LogP contribution in [0.4, 0.5) is 21.3 Å². The summed E-state index contributed by atoms with van der Waals surface area (Å²) >= 11 is 0.922. The minimum Gasteiger partial charge on any atom is -0.477 e. The molecule has 1 aliphatic heterocycles. The van der Waals surface area contributed by atoms with Crippen LogP contribution in [0.15, 0.2) is 24.4 Å². The van der Waals surface area contributed by atoms with E-state index in [0.29, 0.717) is 0 Å². The molecule has 2 heterocycles. The number of thiazole rings is 1. The van der Waals surface area contributed by atoms with Crippen LogP contribution in [-0.4, -0.2) is 35.2 Å². The number of carboxylic acids is 1. The Balaban J connectivity index is 1.72. The highest BCUT2D eigenvalue weighted by atomic mass is 32.1. The highest BCUT2D eigenvalue weighted by Crippen LogP contribution is 2.30. The lowest BCUT2D eigenvalue weighted by Gasteiger charge is -2.30. The Bertz CT molecular complexity index is 784. The summed E-state index contributed by atoms with van der Waals surface area (Å²) in [5.41, 5.74) is 2.89. The highest BCUT2D eigenvalue weighted by Gasteiger charge is 2.17. The van der Waals surface area contributed by atoms with Gasteiger partial charge in [0.2, 0.25) is 0 Å². The maximum Gasteiger partial charge on any atom is 0.347 e. The second kappa shape index (κ2) is 7.52. The topological polar surface area (TPSA) is 94.6 Å². The number of urea groups is 1. The van der Waals surface area contributed by atoms with Crippen molar-refractivity contribution in [2.45, 2.75) is 26.2 Å². The van der Waals surface area contributed by atoms with E-state index in [9.17, 15) is 9.59 Å². The van der Waals surface area contributed by atoms with Crippen LogP contribution in [0.5, 0.6) is 0 Å². The first-order valence-corrected chi connectivity index (χ1v) is 8.97. The summed E-state index contributed by atoms with van der Waals surface area (Å²) in [6.07, 6.45) is 4.77. The Morgan fingerprint density at radius 3 is 2.64 bits per heavy atom. The number of aromatic carboxylic acids is 1. The molecule has 132 valence electrons. The number of aromatic nitrogens is 1. The number of amides is 2. The SMILES string of the molecule is Cc1ccc(NC(=O)Nc2ncc(C(=O)O)s2)c(N2CCCCC2)c1. The fourth-order valence-electron chi connectivity index (χ4n) is 2.83. The number of hydrogen-bond acceptors (Lipinski definition) is 5. The zero-order valence-corrected chi connectivity index (χ0v) is 14.7. The molecule has 2 aromatic rings. The molecule has 0 aliphatic carbocycles. The van der Waals surface area contributed by atoms with Gasteiger partial charge in [-0.15, -0.1) is 0 Å². The van der Waals surface area contributed by atoms with Crippen LogP contribution >= 0.6 is 11.3 Å². The average molecular weight is 360 g/mol. The summed E-state index contributed by atoms with van der Waals surface area (Å²) in [6, 6.07) is 5.49. The molecule has 0 spiro atoms. The van der Waals surface area contributed by atoms with Crippen LogP contribution in [0, 0.1) is 6.92 Å². The molecule has 1 saturated heterocycles. The first kappa shape index (κ1) is 17.2. The number of hydrogen-bond donors (Lipinski definition) is 3. The van der Waals surface area contributed by atoms with Gasteiger partial charge in [-0.25, -0.2) is 14.6 Å². The molecule has 1 aliphatic rings. The second-order valence-electron chi connectivity index (χ2n) is 5.98. The lowest BCUT2D eigenvalue weighted by molar-refractivity contribution is 0.0702. The third-order valence-corrected chi connectivity index (χ3v) is 4.94. The number of rotatable bonds is 4. The Hall–Kier alpha value is -2.61. The predicted octanol–water partition coefficient (Wildman–Crippen LogP) is 3.78. The number of benzene rings is 1. The molecule has 1 aromatic carbocycles. The van der Waals surface area contributed by atoms with Gasteiger partial charge < -0.3 is 15.3 Å². The zero-order valence-electron chi connectivity index (χ0n) is 13.9. The molecule has 7 nitrogen and oxygen atoms in total. The van der Waals surface area contributed by atoms with Crippen molar-refractivity contribution in [3.8, 4) is 0 Å². The van der Waals surface area contributed by atoms with E-state index in [0.717, 1.165) is 54.2 Å². The van der Waals surface area contributed by atoms with E-state index >= 15 is 0 Å². The summed E-state index contributed by atoms with van der Waals surface area (Å²) < 4.78 is 0. The van der Waals surface area contributed by atoms with Crippen molar-refractivity contribution < 1.29 is 14.7 Å². The molecule has 25 heavy (non-hydrogen) atoms. The molecule has 0 atom stereocenters. The molecule has 8 heteroatoms. The van der Waals surface area contributed by atoms with Crippen molar-refractivity contribution in [2.24, 2.45) is 0 Å². The van der Waals surface area contributed by atoms with Gasteiger partial charge >= 0.3 is 12.0 Å². The highest BCUT2D eigenvalue weighted by molar-refractivity contribution is 7.17. The first-order chi connectivity index (χ1) is 12.0. The van der Waals surface area contributed by atoms with Gasteiger partial charge in [-0.1, -0.05) is 17.4 Å². The minimum absolute atomic E-state index is 0.0830. The number of piperidine rings is 1. The molecular formula is C17H20N4O3S. The van der Waals surface area contributed by atoms with E-state index in [-0.39, 0.29) is 10.0 Å². The fourth-order valence-corrected chi connectivity index (χ4v) is 3.48. The van der Waals surface area contributed by atoms with Gasteiger partial charge in [0.1, 0.15) is 4.88 Å². The number of aryl methyl sites for hydroxylation is 1. The first-order valence-electron chi connectivity index (χ1n) is 8.15. The summed E-state index contributed by atoms with van der Waals surface area (Å²) in [4.78, 5) is 29.4. The maximum absolute atomic E-state index is 12.3. The number of carbonyl (C=O) groups is 2. The summed E-state index contributed by atoms with van der Waals surface area (Å²) in [7, 11) is 0. The molecule has 0 saturated carbocycles. The van der Waals surface area contributed by atoms with Crippen LogP contribution in [0.2, 0.25) is 0 Å². The Kier molecular flexibility index (Phi) is 5.18. The minimum atomic E-state index is -1.06. The van der Waals surface area contributed by atoms with E-state index in [2.05, 4.69) is 26.6 Å². The number of nitrogens with zero attached hydrogens (tertiary/aromatic N) is 2. The van der Waals surface area contributed by atoms with E-state index in [4.69, 9.17) is 5.11 Å². The molecule has 0 bridgehead atoms. The van der Waals surface area contributed by atoms with Crippen LogP contribution in [0.3, 0.4) is 0 Å². The fraction of sp³-hybridized carbons (Fsp3) is 0.353. The van der Waals surface area contributed by atoms with Crippen molar-refractivity contribution in [3.63, 3.8) is 0 Å². The second-order valence-corrected chi connectivity index (χ2v) is 7.01. The van der Waals surface area contributed by atoms with Gasteiger partial charge in [0.05, 0.1) is 17.6 Å². The third-order valence-electron chi connectivity index (χ3n) is 4.04. The lowest BCUT2D eigenvalue weighted by atomic mass is 10.1. The van der Waals surface area contributed by atoms with Gasteiger partial charge in [-0.3, -0.25) is 5.32 Å². The standard InChI is InChI=1S/C17H20N4O3S/c1-11-5-6-12(13(9-11)21-7-3-2-4-8-21)19-16(24)20-17-18-10-14(25-17)15(22)23/h5-6,9-10H,2-4,7-8H2,1H3,(H,22,23)(H2,18,19,20,24). The van der Waals surface area contributed by atoms with Crippen molar-refractivity contribution in [1.82, 2.24) is 4.98 Å². The number of nitrogens with one attached hydrogen (secondary N) is 2. The summed E-state index contributed by atoms with van der Waals surface area (Å²) in [5, 5.41) is 14.6. The van der Waals surface area contributed by atoms with E-state index in [1.165, 1.54) is 12.6 Å². The van der Waals surface area contributed by atoms with Crippen LogP contribution < -0.4 is 15.5 Å². The largest absolute Gasteiger partial charge is 0.477 e. The lowest BCUT2D eigenvalue weighted by Crippen LogP contribution is -2.31. The van der Waals surface area contributed by atoms with Gasteiger partial charge in [0.25, 0.3) is 0 Å². The Morgan fingerprint density at radius 2 is 1.96 bits per heavy atom. The summed E-state index contributed by atoms with van der Waals surface area (Å²) in [5.74, 6) is -1.06. The molecule has 1 fully saturated rings. The van der Waals surface area contributed by atoms with Crippen molar-refractivity contribution >= 4 is 39.8 Å². The predicted molar refractivity (Wildman–Crippen MR) is 99.0 cm³/mol. The molecule has 1 aromatic heterocycles. The quantitative estimate of drug-likeness (QED) is 0.771. The number of anilines is 3. The third kappa shape index (κ3) is 4.27. The molecule has 3 rings (SSSR count). The molecule has 3 N–H and O–H groups in total. The van der Waals surface area contributed by atoms with E-state index in [1.54, 1.807) is 0 Å². The molecular weight excluding hydrogens is 340 g/mol. The number of carboxylic acid groups (broad SMARTS) is 1. The van der Waals surface area contributed by atoms with Crippen LogP contribution in [-0.2, 0) is 0 Å². The molecule has 0 radical (unpaired) electrons. The van der Waals surface area contributed by atoms with E-state index < -0.39 is 12.0 Å². The van der Waals surface area contributed by atoms with Crippen molar-refractivity contribution in [2.75, 3.05) is 28.6 Å². The summed E-state index contributed by atoms with van der Waals surface area (Å²) in [6.45, 7) is 3.99. The van der Waals surface area contributed by atoms with Crippen molar-refractivity contribution in [3.05, 3.63) is 34.8 Å². The smallest absolute Gasteiger partial charge is 0.347 e. The monoisotopic (exact) mass is 360 g/mol. The van der Waals surface area contributed by atoms with Crippen molar-refractivity contribution in [1.29, 1.82) is 0 Å². The zero-order chi connectivity index (χ0) is 17.8. The Morgan fingerprint density at radius 1 is 1.20 bits per heavy atom. The van der Waals surface area contributed by atoms with Gasteiger partial charge in [-0.2, -0.15) is 0 Å². The van der Waals surface area contributed by atoms with E-state index in [1.807, 2.05) is 19.1 Å². The Labute approximate surface area is 149 Å². The molecule has 0 unspecified atom stereocenters. The molecule has 2 amide bonds. The maximum atomic E-state index is 12.3.